The Morgan fingerprint density at radius 1 is 1.33 bits per heavy atom. The third kappa shape index (κ3) is 3.46. The fraction of sp³-hybridized carbons (Fsp3) is 0.235. The number of carbonyl (C=O) groups is 1. The Bertz CT molecular complexity index is 917. The fourth-order valence-electron chi connectivity index (χ4n) is 2.34. The van der Waals surface area contributed by atoms with E-state index in [2.05, 4.69) is 10.3 Å². The van der Waals surface area contributed by atoms with Gasteiger partial charge in [-0.15, -0.1) is 11.3 Å². The van der Waals surface area contributed by atoms with Crippen molar-refractivity contribution in [1.29, 1.82) is 0 Å². The lowest BCUT2D eigenvalue weighted by atomic mass is 10.2. The first-order valence-electron chi connectivity index (χ1n) is 7.63. The van der Waals surface area contributed by atoms with Gasteiger partial charge in [0, 0.05) is 13.0 Å². The van der Waals surface area contributed by atoms with Crippen molar-refractivity contribution < 1.29 is 9.53 Å². The zero-order chi connectivity index (χ0) is 16.9. The van der Waals surface area contributed by atoms with Crippen LogP contribution >= 0.6 is 11.3 Å². The summed E-state index contributed by atoms with van der Waals surface area (Å²) in [5.74, 6) is 0.450. The minimum Gasteiger partial charge on any atom is -0.492 e. The average molecular weight is 343 g/mol. The molecule has 0 saturated carbocycles. The number of amides is 1. The van der Waals surface area contributed by atoms with Gasteiger partial charge >= 0.3 is 0 Å². The lowest BCUT2D eigenvalue weighted by molar-refractivity contribution is -0.116. The summed E-state index contributed by atoms with van der Waals surface area (Å²) in [5.41, 5.74) is 0.506. The summed E-state index contributed by atoms with van der Waals surface area (Å²) >= 11 is 1.42. The Labute approximate surface area is 142 Å². The van der Waals surface area contributed by atoms with Gasteiger partial charge in [-0.05, 0) is 30.5 Å². The van der Waals surface area contributed by atoms with Crippen molar-refractivity contribution >= 4 is 33.1 Å². The topological polar surface area (TPSA) is 73.2 Å². The van der Waals surface area contributed by atoms with Crippen LogP contribution in [0.4, 0.5) is 5.69 Å². The van der Waals surface area contributed by atoms with E-state index >= 15 is 0 Å². The van der Waals surface area contributed by atoms with Gasteiger partial charge in [0.15, 0.2) is 0 Å². The predicted molar refractivity (Wildman–Crippen MR) is 94.7 cm³/mol. The van der Waals surface area contributed by atoms with Gasteiger partial charge in [-0.3, -0.25) is 14.2 Å². The van der Waals surface area contributed by atoms with Crippen LogP contribution in [0, 0.1) is 0 Å². The monoisotopic (exact) mass is 343 g/mol. The Morgan fingerprint density at radius 2 is 2.17 bits per heavy atom. The number of nitrogens with one attached hydrogen (secondary N) is 1. The molecule has 0 fully saturated rings. The van der Waals surface area contributed by atoms with Gasteiger partial charge in [-0.2, -0.15) is 0 Å². The number of hydrogen-bond donors (Lipinski definition) is 1. The number of nitrogens with zero attached hydrogens (tertiary/aromatic N) is 2. The van der Waals surface area contributed by atoms with Gasteiger partial charge in [0.2, 0.25) is 5.91 Å². The van der Waals surface area contributed by atoms with E-state index in [-0.39, 0.29) is 24.4 Å². The van der Waals surface area contributed by atoms with Crippen molar-refractivity contribution in [3.8, 4) is 5.75 Å². The summed E-state index contributed by atoms with van der Waals surface area (Å²) in [5, 5.41) is 5.24. The van der Waals surface area contributed by atoms with E-state index in [1.807, 2.05) is 24.4 Å². The van der Waals surface area contributed by atoms with E-state index in [1.54, 1.807) is 18.2 Å². The SMILES string of the molecule is CCOc1ccccc1NC(=O)CCn1cnc2sccc2c1=O. The molecule has 6 nitrogen and oxygen atoms in total. The summed E-state index contributed by atoms with van der Waals surface area (Å²) in [4.78, 5) is 29.4. The van der Waals surface area contributed by atoms with Crippen LogP contribution < -0.4 is 15.6 Å². The molecule has 0 unspecified atom stereocenters. The molecule has 0 aliphatic heterocycles. The Hall–Kier alpha value is -2.67. The number of rotatable bonds is 6. The number of anilines is 1. The molecule has 24 heavy (non-hydrogen) atoms. The maximum Gasteiger partial charge on any atom is 0.262 e. The summed E-state index contributed by atoms with van der Waals surface area (Å²) in [6.45, 7) is 2.69. The summed E-state index contributed by atoms with van der Waals surface area (Å²) in [7, 11) is 0. The molecule has 0 bridgehead atoms. The lowest BCUT2D eigenvalue weighted by Gasteiger charge is -2.11. The fourth-order valence-corrected chi connectivity index (χ4v) is 3.06. The van der Waals surface area contributed by atoms with Gasteiger partial charge in [0.1, 0.15) is 10.6 Å². The van der Waals surface area contributed by atoms with E-state index in [0.29, 0.717) is 28.3 Å². The molecule has 2 aromatic heterocycles. The van der Waals surface area contributed by atoms with Crippen molar-refractivity contribution in [1.82, 2.24) is 9.55 Å². The van der Waals surface area contributed by atoms with Crippen molar-refractivity contribution in [3.05, 3.63) is 52.4 Å². The van der Waals surface area contributed by atoms with Crippen molar-refractivity contribution in [2.75, 3.05) is 11.9 Å². The molecule has 124 valence electrons. The van der Waals surface area contributed by atoms with Crippen LogP contribution in [0.3, 0.4) is 0 Å². The number of thiophene rings is 1. The number of para-hydroxylation sites is 2. The highest BCUT2D eigenvalue weighted by Crippen LogP contribution is 2.23. The Balaban J connectivity index is 1.67. The quantitative estimate of drug-likeness (QED) is 0.747. The van der Waals surface area contributed by atoms with Gasteiger partial charge < -0.3 is 10.1 Å². The third-order valence-corrected chi connectivity index (χ3v) is 4.31. The lowest BCUT2D eigenvalue weighted by Crippen LogP contribution is -2.23. The molecule has 0 atom stereocenters. The van der Waals surface area contributed by atoms with Crippen LogP contribution in [0.25, 0.3) is 10.2 Å². The number of benzene rings is 1. The van der Waals surface area contributed by atoms with Crippen LogP contribution in [-0.4, -0.2) is 22.1 Å². The normalized spacial score (nSPS) is 10.7. The summed E-state index contributed by atoms with van der Waals surface area (Å²) in [6.07, 6.45) is 1.67. The van der Waals surface area contributed by atoms with E-state index < -0.39 is 0 Å². The van der Waals surface area contributed by atoms with Gasteiger partial charge in [0.05, 0.1) is 24.0 Å². The van der Waals surface area contributed by atoms with Crippen LogP contribution in [-0.2, 0) is 11.3 Å². The van der Waals surface area contributed by atoms with Crippen LogP contribution in [0.2, 0.25) is 0 Å². The Kier molecular flexibility index (Phi) is 4.90. The van der Waals surface area contributed by atoms with Crippen molar-refractivity contribution in [3.63, 3.8) is 0 Å². The zero-order valence-corrected chi connectivity index (χ0v) is 14.0. The molecule has 0 aliphatic carbocycles. The number of aryl methyl sites for hydroxylation is 1. The number of carbonyl (C=O) groups excluding carboxylic acids is 1. The molecular formula is C17H17N3O3S. The molecule has 1 amide bonds. The number of fused-ring (bicyclic) bond motifs is 1. The molecule has 0 aliphatic rings. The van der Waals surface area contributed by atoms with E-state index in [9.17, 15) is 9.59 Å². The standard InChI is InChI=1S/C17H17N3O3S/c1-2-23-14-6-4-3-5-13(14)19-15(21)7-9-20-11-18-16-12(17(20)22)8-10-24-16/h3-6,8,10-11H,2,7,9H2,1H3,(H,19,21). The van der Waals surface area contributed by atoms with Crippen molar-refractivity contribution in [2.45, 2.75) is 19.9 Å². The smallest absolute Gasteiger partial charge is 0.262 e. The molecule has 2 heterocycles. The van der Waals surface area contributed by atoms with Crippen LogP contribution in [0.15, 0.2) is 46.8 Å². The first kappa shape index (κ1) is 16.2. The van der Waals surface area contributed by atoms with E-state index in [1.165, 1.54) is 22.2 Å². The summed E-state index contributed by atoms with van der Waals surface area (Å²) in [6, 6.07) is 9.02. The second-order valence-electron chi connectivity index (χ2n) is 5.11. The zero-order valence-electron chi connectivity index (χ0n) is 13.2. The molecule has 0 radical (unpaired) electrons. The maximum absolute atomic E-state index is 12.3. The summed E-state index contributed by atoms with van der Waals surface area (Å²) < 4.78 is 6.94. The highest BCUT2D eigenvalue weighted by molar-refractivity contribution is 7.16. The first-order chi connectivity index (χ1) is 11.7. The first-order valence-corrected chi connectivity index (χ1v) is 8.51. The minimum atomic E-state index is -0.181. The molecule has 1 aromatic carbocycles. The van der Waals surface area contributed by atoms with E-state index in [4.69, 9.17) is 4.74 Å². The number of ether oxygens (including phenoxy) is 1. The second kappa shape index (κ2) is 7.27. The molecule has 3 aromatic rings. The molecule has 7 heteroatoms. The largest absolute Gasteiger partial charge is 0.492 e. The highest BCUT2D eigenvalue weighted by Gasteiger charge is 2.09. The predicted octanol–water partition coefficient (Wildman–Crippen LogP) is 2.89. The molecule has 0 spiro atoms. The molecule has 3 rings (SSSR count). The van der Waals surface area contributed by atoms with Crippen LogP contribution in [0.1, 0.15) is 13.3 Å². The average Bonchev–Trinajstić information content (AvgIpc) is 3.06. The van der Waals surface area contributed by atoms with E-state index in [0.717, 1.165) is 0 Å². The third-order valence-electron chi connectivity index (χ3n) is 3.49. The van der Waals surface area contributed by atoms with Crippen molar-refractivity contribution in [2.24, 2.45) is 0 Å². The van der Waals surface area contributed by atoms with Gasteiger partial charge in [-0.1, -0.05) is 12.1 Å². The molecule has 0 saturated heterocycles. The number of hydrogen-bond acceptors (Lipinski definition) is 5. The second-order valence-corrected chi connectivity index (χ2v) is 6.00. The molecular weight excluding hydrogens is 326 g/mol. The highest BCUT2D eigenvalue weighted by atomic mass is 32.1. The van der Waals surface area contributed by atoms with Gasteiger partial charge in [-0.25, -0.2) is 4.98 Å². The van der Waals surface area contributed by atoms with Gasteiger partial charge in [0.25, 0.3) is 5.56 Å². The van der Waals surface area contributed by atoms with Crippen LogP contribution in [0.5, 0.6) is 5.75 Å². The maximum atomic E-state index is 12.3. The molecule has 1 N–H and O–H groups in total. The number of aromatic nitrogens is 2. The minimum absolute atomic E-state index is 0.122. The Morgan fingerprint density at radius 3 is 3.00 bits per heavy atom.